The highest BCUT2D eigenvalue weighted by molar-refractivity contribution is 7.09. The number of anilines is 1. The molecule has 2 aromatic rings. The standard InChI is InChI=1S/C19H26N4OS/c1-13(2)18(24)23-10-9-22(12-15(23)4)19-20-17(21-25-19)11-16-7-5-14(3)6-8-16/h5-8,13,15H,9-12H2,1-4H3/t15-/m1/s1. The van der Waals surface area contributed by atoms with E-state index in [0.717, 1.165) is 37.0 Å². The molecule has 0 bridgehead atoms. The van der Waals surface area contributed by atoms with Crippen molar-refractivity contribution in [3.05, 3.63) is 41.2 Å². The predicted molar refractivity (Wildman–Crippen MR) is 102 cm³/mol. The molecule has 6 heteroatoms. The fourth-order valence-corrected chi connectivity index (χ4v) is 3.84. The molecule has 1 atom stereocenters. The summed E-state index contributed by atoms with van der Waals surface area (Å²) in [5.74, 6) is 1.17. The van der Waals surface area contributed by atoms with Crippen LogP contribution in [-0.4, -0.2) is 45.8 Å². The van der Waals surface area contributed by atoms with Gasteiger partial charge >= 0.3 is 0 Å². The van der Waals surface area contributed by atoms with Crippen LogP contribution in [0.3, 0.4) is 0 Å². The van der Waals surface area contributed by atoms with E-state index in [0.29, 0.717) is 0 Å². The van der Waals surface area contributed by atoms with E-state index in [1.54, 1.807) is 0 Å². The fourth-order valence-electron chi connectivity index (χ4n) is 3.12. The Labute approximate surface area is 153 Å². The summed E-state index contributed by atoms with van der Waals surface area (Å²) >= 11 is 1.46. The number of amides is 1. The smallest absolute Gasteiger partial charge is 0.225 e. The number of aromatic nitrogens is 2. The molecule has 1 saturated heterocycles. The molecule has 0 saturated carbocycles. The lowest BCUT2D eigenvalue weighted by Gasteiger charge is -2.40. The molecule has 0 radical (unpaired) electrons. The zero-order valence-electron chi connectivity index (χ0n) is 15.4. The largest absolute Gasteiger partial charge is 0.343 e. The fraction of sp³-hybridized carbons (Fsp3) is 0.526. The lowest BCUT2D eigenvalue weighted by molar-refractivity contribution is -0.136. The van der Waals surface area contributed by atoms with Crippen LogP contribution in [0.4, 0.5) is 5.13 Å². The lowest BCUT2D eigenvalue weighted by Crippen LogP contribution is -2.55. The van der Waals surface area contributed by atoms with Crippen LogP contribution >= 0.6 is 11.5 Å². The van der Waals surface area contributed by atoms with Crippen LogP contribution in [-0.2, 0) is 11.2 Å². The van der Waals surface area contributed by atoms with Gasteiger partial charge in [0.2, 0.25) is 11.0 Å². The number of hydrogen-bond donors (Lipinski definition) is 0. The Morgan fingerprint density at radius 3 is 2.64 bits per heavy atom. The van der Waals surface area contributed by atoms with Crippen molar-refractivity contribution in [3.63, 3.8) is 0 Å². The van der Waals surface area contributed by atoms with Gasteiger partial charge in [0.15, 0.2) is 0 Å². The van der Waals surface area contributed by atoms with Crippen molar-refractivity contribution >= 4 is 22.6 Å². The van der Waals surface area contributed by atoms with E-state index in [4.69, 9.17) is 4.98 Å². The SMILES string of the molecule is Cc1ccc(Cc2nsc(N3CCN(C(=O)C(C)C)[C@H](C)C3)n2)cc1. The second-order valence-corrected chi connectivity index (χ2v) is 7.87. The molecular formula is C19H26N4OS. The van der Waals surface area contributed by atoms with E-state index < -0.39 is 0 Å². The zero-order chi connectivity index (χ0) is 18.0. The number of nitrogens with zero attached hydrogens (tertiary/aromatic N) is 4. The molecule has 1 aliphatic rings. The van der Waals surface area contributed by atoms with Gasteiger partial charge in [0.05, 0.1) is 0 Å². The van der Waals surface area contributed by atoms with Gasteiger partial charge in [-0.05, 0) is 19.4 Å². The van der Waals surface area contributed by atoms with Crippen molar-refractivity contribution in [2.45, 2.75) is 40.2 Å². The summed E-state index contributed by atoms with van der Waals surface area (Å²) in [6, 6.07) is 8.71. The second kappa shape index (κ2) is 7.52. The molecular weight excluding hydrogens is 332 g/mol. The maximum Gasteiger partial charge on any atom is 0.225 e. The van der Waals surface area contributed by atoms with Gasteiger partial charge in [-0.25, -0.2) is 4.98 Å². The number of benzene rings is 1. The summed E-state index contributed by atoms with van der Waals surface area (Å²) in [6.07, 6.45) is 0.762. The topological polar surface area (TPSA) is 49.3 Å². The number of aryl methyl sites for hydroxylation is 1. The summed E-state index contributed by atoms with van der Waals surface area (Å²) in [5, 5.41) is 0.964. The number of rotatable bonds is 4. The third-order valence-electron chi connectivity index (χ3n) is 4.62. The first-order valence-corrected chi connectivity index (χ1v) is 9.65. The molecule has 2 heterocycles. The first-order valence-electron chi connectivity index (χ1n) is 8.87. The molecule has 0 N–H and O–H groups in total. The summed E-state index contributed by atoms with van der Waals surface area (Å²) in [5.41, 5.74) is 2.49. The Morgan fingerprint density at radius 1 is 1.28 bits per heavy atom. The Kier molecular flexibility index (Phi) is 5.37. The third-order valence-corrected chi connectivity index (χ3v) is 5.43. The molecule has 134 valence electrons. The normalized spacial score (nSPS) is 18.0. The van der Waals surface area contributed by atoms with Gasteiger partial charge in [0.25, 0.3) is 0 Å². The molecule has 1 aromatic heterocycles. The lowest BCUT2D eigenvalue weighted by atomic mass is 10.1. The van der Waals surface area contributed by atoms with Crippen LogP contribution in [0.25, 0.3) is 0 Å². The van der Waals surface area contributed by atoms with Crippen LogP contribution in [0.5, 0.6) is 0 Å². The minimum atomic E-state index is 0.0524. The van der Waals surface area contributed by atoms with Gasteiger partial charge in [-0.15, -0.1) is 0 Å². The van der Waals surface area contributed by atoms with Crippen LogP contribution in [0.1, 0.15) is 37.7 Å². The van der Waals surface area contributed by atoms with E-state index in [1.165, 1.54) is 22.7 Å². The Morgan fingerprint density at radius 2 is 2.00 bits per heavy atom. The van der Waals surface area contributed by atoms with Crippen LogP contribution in [0.2, 0.25) is 0 Å². The van der Waals surface area contributed by atoms with Crippen LogP contribution in [0.15, 0.2) is 24.3 Å². The van der Waals surface area contributed by atoms with E-state index in [2.05, 4.69) is 47.4 Å². The summed E-state index contributed by atoms with van der Waals surface area (Å²) in [7, 11) is 0. The van der Waals surface area contributed by atoms with Gasteiger partial charge in [0, 0.05) is 49.5 Å². The van der Waals surface area contributed by atoms with Gasteiger partial charge in [-0.3, -0.25) is 4.79 Å². The van der Waals surface area contributed by atoms with E-state index in [-0.39, 0.29) is 17.9 Å². The van der Waals surface area contributed by atoms with Crippen molar-refractivity contribution < 1.29 is 4.79 Å². The summed E-state index contributed by atoms with van der Waals surface area (Å²) in [4.78, 5) is 21.2. The molecule has 5 nitrogen and oxygen atoms in total. The average molecular weight is 359 g/mol. The van der Waals surface area contributed by atoms with Crippen molar-refractivity contribution in [2.75, 3.05) is 24.5 Å². The number of carbonyl (C=O) groups is 1. The minimum absolute atomic E-state index is 0.0524. The van der Waals surface area contributed by atoms with E-state index in [9.17, 15) is 4.79 Å². The van der Waals surface area contributed by atoms with Crippen molar-refractivity contribution in [2.24, 2.45) is 5.92 Å². The van der Waals surface area contributed by atoms with E-state index in [1.807, 2.05) is 18.7 Å². The summed E-state index contributed by atoms with van der Waals surface area (Å²) in [6.45, 7) is 10.5. The van der Waals surface area contributed by atoms with Gasteiger partial charge in [-0.2, -0.15) is 4.37 Å². The van der Waals surface area contributed by atoms with Gasteiger partial charge in [-0.1, -0.05) is 43.7 Å². The predicted octanol–water partition coefficient (Wildman–Crippen LogP) is 3.13. The molecule has 0 unspecified atom stereocenters. The first kappa shape index (κ1) is 17.9. The number of hydrogen-bond acceptors (Lipinski definition) is 5. The van der Waals surface area contributed by atoms with Crippen molar-refractivity contribution in [1.82, 2.24) is 14.3 Å². The highest BCUT2D eigenvalue weighted by Crippen LogP contribution is 2.23. The third kappa shape index (κ3) is 4.18. The van der Waals surface area contributed by atoms with Gasteiger partial charge in [0.1, 0.15) is 5.82 Å². The quantitative estimate of drug-likeness (QED) is 0.842. The molecule has 1 aliphatic heterocycles. The van der Waals surface area contributed by atoms with Crippen molar-refractivity contribution in [3.8, 4) is 0 Å². The molecule has 1 aromatic carbocycles. The monoisotopic (exact) mass is 358 g/mol. The average Bonchev–Trinajstić information content (AvgIpc) is 3.04. The number of carbonyl (C=O) groups excluding carboxylic acids is 1. The zero-order valence-corrected chi connectivity index (χ0v) is 16.2. The second-order valence-electron chi connectivity index (χ2n) is 7.14. The van der Waals surface area contributed by atoms with Gasteiger partial charge < -0.3 is 9.80 Å². The maximum absolute atomic E-state index is 12.3. The number of piperazine rings is 1. The Balaban J connectivity index is 1.63. The maximum atomic E-state index is 12.3. The minimum Gasteiger partial charge on any atom is -0.343 e. The molecule has 3 rings (SSSR count). The van der Waals surface area contributed by atoms with Crippen LogP contribution < -0.4 is 4.90 Å². The van der Waals surface area contributed by atoms with Crippen molar-refractivity contribution in [1.29, 1.82) is 0 Å². The molecule has 1 amide bonds. The highest BCUT2D eigenvalue weighted by Gasteiger charge is 2.29. The molecule has 1 fully saturated rings. The molecule has 25 heavy (non-hydrogen) atoms. The first-order chi connectivity index (χ1) is 11.9. The van der Waals surface area contributed by atoms with E-state index >= 15 is 0 Å². The highest BCUT2D eigenvalue weighted by atomic mass is 32.1. The molecule has 0 aliphatic carbocycles. The Bertz CT molecular complexity index is 725. The summed E-state index contributed by atoms with van der Waals surface area (Å²) < 4.78 is 4.52. The Hall–Kier alpha value is -1.95. The van der Waals surface area contributed by atoms with Crippen LogP contribution in [0, 0.1) is 12.8 Å². The molecule has 0 spiro atoms.